The zero-order valence-corrected chi connectivity index (χ0v) is 12.2. The third kappa shape index (κ3) is 2.15. The first-order chi connectivity index (χ1) is 9.39. The predicted molar refractivity (Wildman–Crippen MR) is 77.1 cm³/mol. The van der Waals surface area contributed by atoms with Gasteiger partial charge in [0.25, 0.3) is 0 Å². The van der Waals surface area contributed by atoms with Crippen LogP contribution in [0.25, 0.3) is 5.82 Å². The molecule has 0 aromatic carbocycles. The molecule has 1 saturated heterocycles. The lowest BCUT2D eigenvalue weighted by atomic mass is 9.85. The van der Waals surface area contributed by atoms with Crippen LogP contribution >= 0.6 is 0 Å². The predicted octanol–water partition coefficient (Wildman–Crippen LogP) is 1.57. The van der Waals surface area contributed by atoms with Crippen molar-refractivity contribution in [2.24, 2.45) is 0 Å². The van der Waals surface area contributed by atoms with Crippen LogP contribution in [0.2, 0.25) is 0 Å². The fraction of sp³-hybridized carbons (Fsp3) is 0.429. The Bertz CT molecular complexity index is 577. The molecule has 0 radical (unpaired) electrons. The third-order valence-electron chi connectivity index (χ3n) is 4.02. The first kappa shape index (κ1) is 13.3. The fourth-order valence-electron chi connectivity index (χ4n) is 2.04. The summed E-state index contributed by atoms with van der Waals surface area (Å²) in [5, 5.41) is 0. The molecular formula is C14H18BN3O2. The Morgan fingerprint density at radius 3 is 2.05 bits per heavy atom. The van der Waals surface area contributed by atoms with Crippen LogP contribution in [-0.2, 0) is 9.31 Å². The van der Waals surface area contributed by atoms with Crippen LogP contribution in [0.15, 0.2) is 36.9 Å². The SMILES string of the molecule is CC1(C)OB(c2cnc(-n3cccc3)cn2)OC1(C)C. The van der Waals surface area contributed by atoms with Gasteiger partial charge in [-0.25, -0.2) is 4.98 Å². The van der Waals surface area contributed by atoms with E-state index in [-0.39, 0.29) is 11.2 Å². The first-order valence-electron chi connectivity index (χ1n) is 6.70. The Hall–Kier alpha value is -1.66. The summed E-state index contributed by atoms with van der Waals surface area (Å²) in [4.78, 5) is 8.82. The summed E-state index contributed by atoms with van der Waals surface area (Å²) in [6.07, 6.45) is 7.29. The molecule has 1 aliphatic heterocycles. The molecule has 1 aliphatic rings. The van der Waals surface area contributed by atoms with E-state index in [9.17, 15) is 0 Å². The molecule has 20 heavy (non-hydrogen) atoms. The summed E-state index contributed by atoms with van der Waals surface area (Å²) in [6, 6.07) is 3.90. The molecular weight excluding hydrogens is 253 g/mol. The minimum absolute atomic E-state index is 0.363. The second kappa shape index (κ2) is 4.43. The normalized spacial score (nSPS) is 20.3. The lowest BCUT2D eigenvalue weighted by molar-refractivity contribution is 0.00578. The summed E-state index contributed by atoms with van der Waals surface area (Å²) in [7, 11) is -0.466. The van der Waals surface area contributed by atoms with Crippen LogP contribution in [0.5, 0.6) is 0 Å². The van der Waals surface area contributed by atoms with Crippen molar-refractivity contribution in [3.05, 3.63) is 36.9 Å². The first-order valence-corrected chi connectivity index (χ1v) is 6.70. The molecule has 0 unspecified atom stereocenters. The number of rotatable bonds is 2. The minimum atomic E-state index is -0.466. The summed E-state index contributed by atoms with van der Waals surface area (Å²) in [5.74, 6) is 0.773. The topological polar surface area (TPSA) is 49.2 Å². The highest BCUT2D eigenvalue weighted by Crippen LogP contribution is 2.36. The van der Waals surface area contributed by atoms with Crippen LogP contribution in [0.4, 0.5) is 0 Å². The van der Waals surface area contributed by atoms with Crippen LogP contribution < -0.4 is 5.59 Å². The molecule has 0 spiro atoms. The largest absolute Gasteiger partial charge is 0.516 e. The van der Waals surface area contributed by atoms with E-state index in [1.807, 2.05) is 56.8 Å². The van der Waals surface area contributed by atoms with Gasteiger partial charge in [0.1, 0.15) is 0 Å². The van der Waals surface area contributed by atoms with Crippen LogP contribution in [-0.4, -0.2) is 32.9 Å². The molecule has 5 nitrogen and oxygen atoms in total. The number of nitrogens with zero attached hydrogens (tertiary/aromatic N) is 3. The molecule has 0 amide bonds. The Morgan fingerprint density at radius 1 is 0.950 bits per heavy atom. The smallest absolute Gasteiger partial charge is 0.398 e. The molecule has 0 atom stereocenters. The van der Waals surface area contributed by atoms with E-state index in [2.05, 4.69) is 9.97 Å². The number of hydrogen-bond donors (Lipinski definition) is 0. The van der Waals surface area contributed by atoms with Crippen molar-refractivity contribution in [1.29, 1.82) is 0 Å². The van der Waals surface area contributed by atoms with Crippen LogP contribution in [0.3, 0.4) is 0 Å². The van der Waals surface area contributed by atoms with Gasteiger partial charge in [-0.05, 0) is 39.8 Å². The molecule has 3 heterocycles. The fourth-order valence-corrected chi connectivity index (χ4v) is 2.04. The average Bonchev–Trinajstić information content (AvgIpc) is 2.97. The van der Waals surface area contributed by atoms with Gasteiger partial charge in [0.15, 0.2) is 5.82 Å². The average molecular weight is 271 g/mol. The lowest BCUT2D eigenvalue weighted by Gasteiger charge is -2.32. The maximum absolute atomic E-state index is 5.95. The van der Waals surface area contributed by atoms with Gasteiger partial charge < -0.3 is 13.9 Å². The van der Waals surface area contributed by atoms with E-state index in [0.29, 0.717) is 5.59 Å². The van der Waals surface area contributed by atoms with E-state index in [1.165, 1.54) is 0 Å². The Kier molecular flexibility index (Phi) is 2.95. The van der Waals surface area contributed by atoms with Gasteiger partial charge in [-0.3, -0.25) is 4.98 Å². The molecule has 3 rings (SSSR count). The van der Waals surface area contributed by atoms with E-state index < -0.39 is 7.12 Å². The second-order valence-electron chi connectivity index (χ2n) is 5.98. The van der Waals surface area contributed by atoms with Crippen molar-refractivity contribution < 1.29 is 9.31 Å². The van der Waals surface area contributed by atoms with Gasteiger partial charge in [-0.2, -0.15) is 0 Å². The maximum atomic E-state index is 5.95. The molecule has 0 saturated carbocycles. The van der Waals surface area contributed by atoms with E-state index >= 15 is 0 Å². The highest BCUT2D eigenvalue weighted by Gasteiger charge is 2.52. The van der Waals surface area contributed by atoms with Crippen molar-refractivity contribution in [3.63, 3.8) is 0 Å². The van der Waals surface area contributed by atoms with Crippen molar-refractivity contribution in [3.8, 4) is 5.82 Å². The molecule has 2 aromatic heterocycles. The van der Waals surface area contributed by atoms with Crippen LogP contribution in [0, 0.1) is 0 Å². The molecule has 104 valence electrons. The lowest BCUT2D eigenvalue weighted by Crippen LogP contribution is -2.41. The molecule has 1 fully saturated rings. The minimum Gasteiger partial charge on any atom is -0.398 e. The Labute approximate surface area is 119 Å². The summed E-state index contributed by atoms with van der Waals surface area (Å²) < 4.78 is 13.8. The van der Waals surface area contributed by atoms with Crippen molar-refractivity contribution in [2.75, 3.05) is 0 Å². The van der Waals surface area contributed by atoms with Gasteiger partial charge in [0, 0.05) is 18.6 Å². The molecule has 6 heteroatoms. The Balaban J connectivity index is 1.83. The second-order valence-corrected chi connectivity index (χ2v) is 5.98. The van der Waals surface area contributed by atoms with Crippen LogP contribution in [0.1, 0.15) is 27.7 Å². The summed E-state index contributed by atoms with van der Waals surface area (Å²) in [5.41, 5.74) is -0.0313. The highest BCUT2D eigenvalue weighted by molar-refractivity contribution is 6.61. The zero-order chi connectivity index (χ0) is 14.4. The molecule has 2 aromatic rings. The number of hydrogen-bond acceptors (Lipinski definition) is 4. The van der Waals surface area contributed by atoms with Gasteiger partial charge in [-0.1, -0.05) is 0 Å². The zero-order valence-electron chi connectivity index (χ0n) is 12.2. The summed E-state index contributed by atoms with van der Waals surface area (Å²) >= 11 is 0. The highest BCUT2D eigenvalue weighted by atomic mass is 16.7. The molecule has 0 aliphatic carbocycles. The summed E-state index contributed by atoms with van der Waals surface area (Å²) in [6.45, 7) is 8.09. The molecule has 0 bridgehead atoms. The van der Waals surface area contributed by atoms with Crippen molar-refractivity contribution >= 4 is 12.7 Å². The Morgan fingerprint density at radius 2 is 1.55 bits per heavy atom. The van der Waals surface area contributed by atoms with Gasteiger partial charge >= 0.3 is 7.12 Å². The third-order valence-corrected chi connectivity index (χ3v) is 4.02. The van der Waals surface area contributed by atoms with Crippen molar-refractivity contribution in [1.82, 2.24) is 14.5 Å². The monoisotopic (exact) mass is 271 g/mol. The number of aromatic nitrogens is 3. The molecule has 0 N–H and O–H groups in total. The van der Waals surface area contributed by atoms with E-state index in [4.69, 9.17) is 9.31 Å². The van der Waals surface area contributed by atoms with Gasteiger partial charge in [0.05, 0.1) is 23.0 Å². The maximum Gasteiger partial charge on any atom is 0.516 e. The quantitative estimate of drug-likeness (QED) is 0.778. The van der Waals surface area contributed by atoms with Gasteiger partial charge in [0.2, 0.25) is 0 Å². The van der Waals surface area contributed by atoms with Crippen molar-refractivity contribution in [2.45, 2.75) is 38.9 Å². The van der Waals surface area contributed by atoms with Gasteiger partial charge in [-0.15, -0.1) is 0 Å². The standard InChI is InChI=1S/C14H18BN3O2/c1-13(2)14(3,4)20-15(19-13)11-9-17-12(10-16-11)18-7-5-6-8-18/h5-10H,1-4H3. The van der Waals surface area contributed by atoms with E-state index in [1.54, 1.807) is 12.4 Å². The van der Waals surface area contributed by atoms with E-state index in [0.717, 1.165) is 5.82 Å².